The number of nitrogens with zero attached hydrogens (tertiary/aromatic N) is 2. The average Bonchev–Trinajstić information content (AvgIpc) is 2.32. The highest BCUT2D eigenvalue weighted by Gasteiger charge is 2.00. The van der Waals surface area contributed by atoms with Gasteiger partial charge < -0.3 is 5.73 Å². The number of rotatable bonds is 0. The Kier molecular flexibility index (Phi) is 3.48. The van der Waals surface area contributed by atoms with Gasteiger partial charge in [-0.25, -0.2) is 9.97 Å². The monoisotopic (exact) mass is 263 g/mol. The van der Waals surface area contributed by atoms with Gasteiger partial charge in [0.1, 0.15) is 5.69 Å². The van der Waals surface area contributed by atoms with Crippen molar-refractivity contribution in [2.45, 2.75) is 0 Å². The summed E-state index contributed by atoms with van der Waals surface area (Å²) in [5, 5.41) is 0.696. The highest BCUT2D eigenvalue weighted by atomic mass is 35.5. The summed E-state index contributed by atoms with van der Waals surface area (Å²) in [4.78, 5) is 7.68. The van der Waals surface area contributed by atoms with Crippen molar-refractivity contribution >= 4 is 28.9 Å². The molecule has 2 rings (SSSR count). The number of nitrogen functional groups attached to an aromatic ring is 1. The summed E-state index contributed by atoms with van der Waals surface area (Å²) < 4.78 is 0. The Balaban J connectivity index is 2.40. The Morgan fingerprint density at radius 3 is 2.65 bits per heavy atom. The first-order valence-corrected chi connectivity index (χ1v) is 5.47. The van der Waals surface area contributed by atoms with Gasteiger partial charge in [-0.15, -0.1) is 0 Å². The van der Waals surface area contributed by atoms with Crippen LogP contribution in [0.4, 0.5) is 5.69 Å². The number of nitrogens with two attached hydrogens (primary N) is 1. The first kappa shape index (κ1) is 11.7. The van der Waals surface area contributed by atoms with Crippen molar-refractivity contribution in [2.75, 3.05) is 5.73 Å². The average molecular weight is 264 g/mol. The molecule has 0 aliphatic rings. The van der Waals surface area contributed by atoms with E-state index in [-0.39, 0.29) is 5.28 Å². The molecule has 0 atom stereocenters. The Hall–Kier alpha value is -1.76. The van der Waals surface area contributed by atoms with E-state index >= 15 is 0 Å². The molecule has 0 saturated heterocycles. The van der Waals surface area contributed by atoms with Gasteiger partial charge in [-0.2, -0.15) is 0 Å². The number of halogens is 2. The van der Waals surface area contributed by atoms with Gasteiger partial charge in [0.15, 0.2) is 0 Å². The summed E-state index contributed by atoms with van der Waals surface area (Å²) in [6.45, 7) is 0. The van der Waals surface area contributed by atoms with Crippen LogP contribution in [0.3, 0.4) is 0 Å². The maximum absolute atomic E-state index is 5.97. The lowest BCUT2D eigenvalue weighted by molar-refractivity contribution is 1.15. The highest BCUT2D eigenvalue weighted by molar-refractivity contribution is 6.31. The van der Waals surface area contributed by atoms with Gasteiger partial charge >= 0.3 is 0 Å². The molecule has 17 heavy (non-hydrogen) atoms. The molecule has 84 valence electrons. The molecule has 1 heterocycles. The predicted molar refractivity (Wildman–Crippen MR) is 68.9 cm³/mol. The molecule has 3 nitrogen and oxygen atoms in total. The SMILES string of the molecule is Nc1cnc(Cl)nc1C#Cc1ccccc1Cl. The molecule has 1 aromatic heterocycles. The zero-order chi connectivity index (χ0) is 12.3. The number of hydrogen-bond acceptors (Lipinski definition) is 3. The first-order chi connectivity index (χ1) is 8.16. The molecule has 0 saturated carbocycles. The van der Waals surface area contributed by atoms with Crippen molar-refractivity contribution in [1.29, 1.82) is 0 Å². The van der Waals surface area contributed by atoms with Crippen molar-refractivity contribution < 1.29 is 0 Å². The lowest BCUT2D eigenvalue weighted by Gasteiger charge is -1.96. The van der Waals surface area contributed by atoms with Gasteiger partial charge in [0.05, 0.1) is 16.9 Å². The second-order valence-electron chi connectivity index (χ2n) is 3.17. The summed E-state index contributed by atoms with van der Waals surface area (Å²) in [5.41, 5.74) is 7.16. The van der Waals surface area contributed by atoms with Crippen molar-refractivity contribution in [2.24, 2.45) is 0 Å². The van der Waals surface area contributed by atoms with Crippen LogP contribution in [0, 0.1) is 11.8 Å². The quantitative estimate of drug-likeness (QED) is 0.588. The lowest BCUT2D eigenvalue weighted by Crippen LogP contribution is -1.96. The molecule has 1 aromatic carbocycles. The Morgan fingerprint density at radius 1 is 1.12 bits per heavy atom. The minimum Gasteiger partial charge on any atom is -0.395 e. The fraction of sp³-hybridized carbons (Fsp3) is 0. The van der Waals surface area contributed by atoms with Crippen LogP contribution in [0.1, 0.15) is 11.3 Å². The summed E-state index contributed by atoms with van der Waals surface area (Å²) in [6.07, 6.45) is 1.42. The van der Waals surface area contributed by atoms with E-state index in [1.807, 2.05) is 18.2 Å². The van der Waals surface area contributed by atoms with E-state index in [9.17, 15) is 0 Å². The zero-order valence-corrected chi connectivity index (χ0v) is 10.1. The number of anilines is 1. The molecule has 0 bridgehead atoms. The molecule has 2 aromatic rings. The van der Waals surface area contributed by atoms with Crippen LogP contribution in [-0.4, -0.2) is 9.97 Å². The van der Waals surface area contributed by atoms with Gasteiger partial charge in [0.2, 0.25) is 5.28 Å². The van der Waals surface area contributed by atoms with E-state index in [1.54, 1.807) is 6.07 Å². The summed E-state index contributed by atoms with van der Waals surface area (Å²) >= 11 is 11.6. The fourth-order valence-corrected chi connectivity index (χ4v) is 1.48. The second kappa shape index (κ2) is 5.05. The molecule has 0 radical (unpaired) electrons. The van der Waals surface area contributed by atoms with E-state index in [0.717, 1.165) is 0 Å². The van der Waals surface area contributed by atoms with E-state index in [0.29, 0.717) is 22.0 Å². The summed E-state index contributed by atoms with van der Waals surface area (Å²) in [5.74, 6) is 5.70. The second-order valence-corrected chi connectivity index (χ2v) is 3.92. The Bertz CT molecular complexity index is 615. The third-order valence-electron chi connectivity index (χ3n) is 1.98. The van der Waals surface area contributed by atoms with Crippen LogP contribution in [0.15, 0.2) is 30.5 Å². The van der Waals surface area contributed by atoms with Gasteiger partial charge in [-0.05, 0) is 29.7 Å². The van der Waals surface area contributed by atoms with Crippen molar-refractivity contribution in [3.63, 3.8) is 0 Å². The highest BCUT2D eigenvalue weighted by Crippen LogP contribution is 2.14. The van der Waals surface area contributed by atoms with E-state index in [4.69, 9.17) is 28.9 Å². The molecular formula is C12H7Cl2N3. The minimum atomic E-state index is 0.114. The van der Waals surface area contributed by atoms with Gasteiger partial charge in [0.25, 0.3) is 0 Å². The van der Waals surface area contributed by atoms with Crippen LogP contribution in [0.2, 0.25) is 10.3 Å². The molecular weight excluding hydrogens is 257 g/mol. The van der Waals surface area contributed by atoms with Gasteiger partial charge in [0, 0.05) is 5.56 Å². The van der Waals surface area contributed by atoms with Crippen LogP contribution >= 0.6 is 23.2 Å². The van der Waals surface area contributed by atoms with Gasteiger partial charge in [-0.1, -0.05) is 29.7 Å². The Morgan fingerprint density at radius 2 is 1.88 bits per heavy atom. The molecule has 0 amide bonds. The Labute approximate surface area is 109 Å². The molecule has 5 heteroatoms. The topological polar surface area (TPSA) is 51.8 Å². The fourth-order valence-electron chi connectivity index (χ4n) is 1.16. The molecule has 0 unspecified atom stereocenters. The molecule has 0 aliphatic heterocycles. The van der Waals surface area contributed by atoms with Crippen LogP contribution in [-0.2, 0) is 0 Å². The van der Waals surface area contributed by atoms with Crippen molar-refractivity contribution in [3.8, 4) is 11.8 Å². The minimum absolute atomic E-state index is 0.114. The van der Waals surface area contributed by atoms with Crippen molar-refractivity contribution in [3.05, 3.63) is 52.0 Å². The van der Waals surface area contributed by atoms with E-state index in [2.05, 4.69) is 21.8 Å². The van der Waals surface area contributed by atoms with Crippen LogP contribution in [0.25, 0.3) is 0 Å². The maximum Gasteiger partial charge on any atom is 0.223 e. The molecule has 0 spiro atoms. The molecule has 2 N–H and O–H groups in total. The predicted octanol–water partition coefficient (Wildman–Crippen LogP) is 2.77. The summed E-state index contributed by atoms with van der Waals surface area (Å²) in [6, 6.07) is 7.27. The standard InChI is InChI=1S/C12H7Cl2N3/c13-9-4-2-1-3-8(9)5-6-11-10(15)7-16-12(14)17-11/h1-4,7H,15H2. The molecule has 0 fully saturated rings. The first-order valence-electron chi connectivity index (χ1n) is 4.71. The van der Waals surface area contributed by atoms with Gasteiger partial charge in [-0.3, -0.25) is 0 Å². The van der Waals surface area contributed by atoms with Crippen LogP contribution < -0.4 is 5.73 Å². The largest absolute Gasteiger partial charge is 0.395 e. The molecule has 0 aliphatic carbocycles. The number of aromatic nitrogens is 2. The maximum atomic E-state index is 5.97. The zero-order valence-electron chi connectivity index (χ0n) is 8.61. The third-order valence-corrected chi connectivity index (χ3v) is 2.49. The normalized spacial score (nSPS) is 9.53. The third kappa shape index (κ3) is 2.88. The number of benzene rings is 1. The number of hydrogen-bond donors (Lipinski definition) is 1. The lowest BCUT2D eigenvalue weighted by atomic mass is 10.2. The van der Waals surface area contributed by atoms with Crippen LogP contribution in [0.5, 0.6) is 0 Å². The van der Waals surface area contributed by atoms with E-state index in [1.165, 1.54) is 6.20 Å². The smallest absolute Gasteiger partial charge is 0.223 e. The summed E-state index contributed by atoms with van der Waals surface area (Å²) in [7, 11) is 0. The van der Waals surface area contributed by atoms with E-state index < -0.39 is 0 Å². The van der Waals surface area contributed by atoms with Crippen molar-refractivity contribution in [1.82, 2.24) is 9.97 Å².